The molecule has 2 atom stereocenters. The van der Waals surface area contributed by atoms with E-state index in [0.717, 1.165) is 30.0 Å². The third-order valence-corrected chi connectivity index (χ3v) is 7.18. The second kappa shape index (κ2) is 7.98. The number of benzene rings is 1. The second-order valence-corrected chi connectivity index (χ2v) is 9.17. The molecule has 3 aliphatic rings. The monoisotopic (exact) mass is 429 g/mol. The maximum Gasteiger partial charge on any atom is 0.269 e. The van der Waals surface area contributed by atoms with Crippen LogP contribution in [0.3, 0.4) is 0 Å². The van der Waals surface area contributed by atoms with Gasteiger partial charge in [-0.1, -0.05) is 0 Å². The number of hydrogen-bond donors (Lipinski definition) is 1. The quantitative estimate of drug-likeness (QED) is 0.767. The highest BCUT2D eigenvalue weighted by Gasteiger charge is 2.43. The SMILES string of the molecule is Cl.NC1CCCN(C(=O)c2ccc3c(c2)S(=O)(=O)N(CC2CCCO2)C3=O)C1. The van der Waals surface area contributed by atoms with Crippen molar-refractivity contribution >= 4 is 34.2 Å². The molecule has 0 spiro atoms. The Kier molecular flexibility index (Phi) is 6.00. The van der Waals surface area contributed by atoms with E-state index in [1.54, 1.807) is 4.90 Å². The van der Waals surface area contributed by atoms with Crippen molar-refractivity contribution in [2.24, 2.45) is 5.73 Å². The van der Waals surface area contributed by atoms with Crippen LogP contribution in [0.1, 0.15) is 46.4 Å². The number of carbonyl (C=O) groups excluding carboxylic acids is 2. The van der Waals surface area contributed by atoms with Gasteiger partial charge in [0.15, 0.2) is 0 Å². The van der Waals surface area contributed by atoms with Gasteiger partial charge >= 0.3 is 0 Å². The van der Waals surface area contributed by atoms with Crippen LogP contribution in [0.2, 0.25) is 0 Å². The second-order valence-electron chi connectivity index (χ2n) is 7.34. The average Bonchev–Trinajstić information content (AvgIpc) is 3.23. The van der Waals surface area contributed by atoms with Crippen LogP contribution in [-0.2, 0) is 14.8 Å². The largest absolute Gasteiger partial charge is 0.376 e. The van der Waals surface area contributed by atoms with Crippen LogP contribution >= 0.6 is 12.4 Å². The molecule has 2 saturated heterocycles. The molecular formula is C18H24ClN3O5S. The molecule has 10 heteroatoms. The van der Waals surface area contributed by atoms with Gasteiger partial charge in [-0.05, 0) is 43.9 Å². The zero-order valence-electron chi connectivity index (χ0n) is 15.4. The summed E-state index contributed by atoms with van der Waals surface area (Å²) in [6.45, 7) is 1.64. The molecule has 0 aliphatic carbocycles. The van der Waals surface area contributed by atoms with E-state index in [9.17, 15) is 18.0 Å². The maximum atomic E-state index is 12.9. The first-order valence-corrected chi connectivity index (χ1v) is 10.7. The molecule has 2 unspecified atom stereocenters. The van der Waals surface area contributed by atoms with Gasteiger partial charge in [0, 0.05) is 31.3 Å². The third-order valence-electron chi connectivity index (χ3n) is 5.39. The van der Waals surface area contributed by atoms with Gasteiger partial charge in [0.2, 0.25) is 0 Å². The minimum absolute atomic E-state index is 0. The van der Waals surface area contributed by atoms with Crippen molar-refractivity contribution in [2.45, 2.75) is 42.7 Å². The summed E-state index contributed by atoms with van der Waals surface area (Å²) in [5, 5.41) is 0. The molecule has 8 nitrogen and oxygen atoms in total. The zero-order valence-corrected chi connectivity index (χ0v) is 17.0. The standard InChI is InChI=1S/C18H23N3O5S.ClH/c19-13-3-1-7-20(10-13)17(22)12-5-6-15-16(9-12)27(24,25)21(18(15)23)11-14-4-2-8-26-14;/h5-6,9,13-14H,1-4,7-8,10-11,19H2;1H. The predicted molar refractivity (Wildman–Crippen MR) is 104 cm³/mol. The topological polar surface area (TPSA) is 110 Å². The molecule has 28 heavy (non-hydrogen) atoms. The van der Waals surface area contributed by atoms with E-state index >= 15 is 0 Å². The number of nitrogens with two attached hydrogens (primary N) is 1. The van der Waals surface area contributed by atoms with Crippen molar-refractivity contribution in [2.75, 3.05) is 26.2 Å². The summed E-state index contributed by atoms with van der Waals surface area (Å²) in [7, 11) is -3.97. The highest BCUT2D eigenvalue weighted by Crippen LogP contribution is 2.32. The van der Waals surface area contributed by atoms with Gasteiger partial charge < -0.3 is 15.4 Å². The Labute approximate surface area is 170 Å². The fraction of sp³-hybridized carbons (Fsp3) is 0.556. The Morgan fingerprint density at radius 2 is 2.04 bits per heavy atom. The van der Waals surface area contributed by atoms with Gasteiger partial charge in [0.05, 0.1) is 18.2 Å². The molecule has 4 rings (SSSR count). The Hall–Kier alpha value is -1.68. The maximum absolute atomic E-state index is 12.9. The molecule has 1 aromatic rings. The summed E-state index contributed by atoms with van der Waals surface area (Å²) < 4.78 is 32.1. The highest BCUT2D eigenvalue weighted by atomic mass is 35.5. The molecular weight excluding hydrogens is 406 g/mol. The number of halogens is 1. The first-order valence-electron chi connectivity index (χ1n) is 9.25. The van der Waals surface area contributed by atoms with Gasteiger partial charge in [-0.2, -0.15) is 0 Å². The van der Waals surface area contributed by atoms with Gasteiger partial charge in [-0.25, -0.2) is 12.7 Å². The smallest absolute Gasteiger partial charge is 0.269 e. The van der Waals surface area contributed by atoms with E-state index in [0.29, 0.717) is 19.7 Å². The van der Waals surface area contributed by atoms with Crippen LogP contribution in [0.15, 0.2) is 23.1 Å². The van der Waals surface area contributed by atoms with Crippen LogP contribution in [0.5, 0.6) is 0 Å². The Morgan fingerprint density at radius 1 is 1.25 bits per heavy atom. The van der Waals surface area contributed by atoms with Crippen LogP contribution in [0.25, 0.3) is 0 Å². The third kappa shape index (κ3) is 3.63. The lowest BCUT2D eigenvalue weighted by molar-refractivity contribution is 0.0701. The van der Waals surface area contributed by atoms with Crippen molar-refractivity contribution in [3.63, 3.8) is 0 Å². The van der Waals surface area contributed by atoms with Gasteiger partial charge in [-0.3, -0.25) is 9.59 Å². The molecule has 3 aliphatic heterocycles. The molecule has 0 saturated carbocycles. The van der Waals surface area contributed by atoms with Crippen molar-refractivity contribution < 1.29 is 22.7 Å². The zero-order chi connectivity index (χ0) is 19.2. The Bertz CT molecular complexity index is 885. The van der Waals surface area contributed by atoms with Crippen molar-refractivity contribution in [1.29, 1.82) is 0 Å². The van der Waals surface area contributed by atoms with Gasteiger partial charge in [0.1, 0.15) is 4.90 Å². The summed E-state index contributed by atoms with van der Waals surface area (Å²) in [6, 6.07) is 4.21. The molecule has 2 amide bonds. The summed E-state index contributed by atoms with van der Waals surface area (Å²) in [5.41, 5.74) is 6.31. The van der Waals surface area contributed by atoms with Crippen molar-refractivity contribution in [1.82, 2.24) is 9.21 Å². The number of likely N-dealkylation sites (tertiary alicyclic amines) is 1. The fourth-order valence-electron chi connectivity index (χ4n) is 3.94. The van der Waals surface area contributed by atoms with Crippen LogP contribution in [-0.4, -0.2) is 67.8 Å². The first-order chi connectivity index (χ1) is 12.9. The number of hydrogen-bond acceptors (Lipinski definition) is 6. The minimum Gasteiger partial charge on any atom is -0.376 e. The molecule has 3 heterocycles. The minimum atomic E-state index is -3.97. The molecule has 0 radical (unpaired) electrons. The van der Waals surface area contributed by atoms with E-state index in [1.165, 1.54) is 18.2 Å². The molecule has 1 aromatic carbocycles. The summed E-state index contributed by atoms with van der Waals surface area (Å²) in [5.74, 6) is -0.812. The van der Waals surface area contributed by atoms with E-state index in [1.807, 2.05) is 0 Å². The summed E-state index contributed by atoms with van der Waals surface area (Å²) in [4.78, 5) is 26.9. The molecule has 0 aromatic heterocycles. The van der Waals surface area contributed by atoms with Crippen LogP contribution < -0.4 is 5.73 Å². The molecule has 2 N–H and O–H groups in total. The van der Waals surface area contributed by atoms with Crippen LogP contribution in [0.4, 0.5) is 0 Å². The highest BCUT2D eigenvalue weighted by molar-refractivity contribution is 7.90. The van der Waals surface area contributed by atoms with E-state index < -0.39 is 15.9 Å². The Balaban J connectivity index is 0.00000225. The first kappa shape index (κ1) is 21.0. The van der Waals surface area contributed by atoms with Crippen molar-refractivity contribution in [3.8, 4) is 0 Å². The van der Waals surface area contributed by atoms with Gasteiger partial charge in [-0.15, -0.1) is 12.4 Å². The molecule has 0 bridgehead atoms. The van der Waals surface area contributed by atoms with E-state index in [2.05, 4.69) is 0 Å². The lowest BCUT2D eigenvalue weighted by atomic mass is 10.0. The van der Waals surface area contributed by atoms with Crippen LogP contribution in [0, 0.1) is 0 Å². The van der Waals surface area contributed by atoms with Crippen molar-refractivity contribution in [3.05, 3.63) is 29.3 Å². The number of carbonyl (C=O) groups is 2. The predicted octanol–water partition coefficient (Wildman–Crippen LogP) is 0.995. The number of rotatable bonds is 3. The lowest BCUT2D eigenvalue weighted by Crippen LogP contribution is -2.45. The summed E-state index contributed by atoms with van der Waals surface area (Å²) in [6.07, 6.45) is 3.01. The van der Waals surface area contributed by atoms with E-state index in [4.69, 9.17) is 10.5 Å². The number of piperidine rings is 1. The normalized spacial score (nSPS) is 26.1. The number of sulfonamides is 1. The number of fused-ring (bicyclic) bond motifs is 1. The molecule has 154 valence electrons. The fourth-order valence-corrected chi connectivity index (χ4v) is 5.56. The summed E-state index contributed by atoms with van der Waals surface area (Å²) >= 11 is 0. The molecule has 2 fully saturated rings. The average molecular weight is 430 g/mol. The lowest BCUT2D eigenvalue weighted by Gasteiger charge is -2.30. The number of nitrogens with zero attached hydrogens (tertiary/aromatic N) is 2. The van der Waals surface area contributed by atoms with Gasteiger partial charge in [0.25, 0.3) is 21.8 Å². The number of ether oxygens (including phenoxy) is 1. The Morgan fingerprint density at radius 3 is 2.71 bits per heavy atom. The number of amides is 2. The van der Waals surface area contributed by atoms with E-state index in [-0.39, 0.29) is 53.0 Å².